The lowest BCUT2D eigenvalue weighted by Crippen LogP contribution is -2.05. The fraction of sp³-hybridized carbons (Fsp3) is 0.263. The number of rotatable bonds is 3. The smallest absolute Gasteiger partial charge is 0.236 e. The van der Waals surface area contributed by atoms with E-state index in [1.54, 1.807) is 23.7 Å². The van der Waals surface area contributed by atoms with Gasteiger partial charge in [0, 0.05) is 17.3 Å². The van der Waals surface area contributed by atoms with E-state index in [0.717, 1.165) is 29.0 Å². The summed E-state index contributed by atoms with van der Waals surface area (Å²) in [7, 11) is 0. The number of fused-ring (bicyclic) bond motifs is 1. The predicted octanol–water partition coefficient (Wildman–Crippen LogP) is 5.32. The first-order valence-electron chi connectivity index (χ1n) is 7.94. The Labute approximate surface area is 143 Å². The molecule has 25 heavy (non-hydrogen) atoms. The summed E-state index contributed by atoms with van der Waals surface area (Å²) in [6.07, 6.45) is -1.96. The first-order valence-corrected chi connectivity index (χ1v) is 7.94. The zero-order valence-corrected chi connectivity index (χ0v) is 14.3. The van der Waals surface area contributed by atoms with Gasteiger partial charge in [-0.1, -0.05) is 25.6 Å². The third kappa shape index (κ3) is 2.92. The topological polar surface area (TPSA) is 30.2 Å². The van der Waals surface area contributed by atoms with Crippen molar-refractivity contribution in [3.05, 3.63) is 59.6 Å². The van der Waals surface area contributed by atoms with Crippen LogP contribution in [0, 0.1) is 6.92 Å². The van der Waals surface area contributed by atoms with Gasteiger partial charge in [-0.15, -0.1) is 0 Å². The lowest BCUT2D eigenvalue weighted by Gasteiger charge is -2.10. The predicted molar refractivity (Wildman–Crippen MR) is 92.2 cm³/mol. The van der Waals surface area contributed by atoms with Gasteiger partial charge in [0.2, 0.25) is 0 Å². The van der Waals surface area contributed by atoms with Crippen LogP contribution in [0.2, 0.25) is 0 Å². The molecule has 0 saturated carbocycles. The van der Waals surface area contributed by atoms with Crippen molar-refractivity contribution in [2.75, 3.05) is 0 Å². The molecular weight excluding hydrogens is 327 g/mol. The zero-order chi connectivity index (χ0) is 18.4. The fourth-order valence-corrected chi connectivity index (χ4v) is 3.02. The van der Waals surface area contributed by atoms with E-state index in [-0.39, 0.29) is 0 Å². The average molecular weight is 345 g/mol. The van der Waals surface area contributed by atoms with Crippen molar-refractivity contribution in [2.24, 2.45) is 0 Å². The molecule has 0 unspecified atom stereocenters. The standard InChI is InChI=1S/C19H18F3N3/c1-5-16-15(11(2)3)10-23-18-17(12(4)24-25(16)18)13-7-6-8-14(9-13)19(20,21)22/h6-10H,2,5H2,1,3-4H3. The molecule has 0 aliphatic heterocycles. The summed E-state index contributed by atoms with van der Waals surface area (Å²) in [6.45, 7) is 9.64. The van der Waals surface area contributed by atoms with Gasteiger partial charge >= 0.3 is 6.18 Å². The van der Waals surface area contributed by atoms with Crippen molar-refractivity contribution in [3.63, 3.8) is 0 Å². The molecule has 3 aromatic rings. The number of benzene rings is 1. The summed E-state index contributed by atoms with van der Waals surface area (Å²) in [4.78, 5) is 4.46. The highest BCUT2D eigenvalue weighted by atomic mass is 19.4. The van der Waals surface area contributed by atoms with E-state index >= 15 is 0 Å². The minimum atomic E-state index is -4.39. The number of hydrogen-bond acceptors (Lipinski definition) is 2. The van der Waals surface area contributed by atoms with Crippen LogP contribution < -0.4 is 0 Å². The van der Waals surface area contributed by atoms with Crippen LogP contribution in [0.1, 0.15) is 36.4 Å². The first-order chi connectivity index (χ1) is 11.7. The van der Waals surface area contributed by atoms with Gasteiger partial charge in [-0.05, 0) is 43.5 Å². The lowest BCUT2D eigenvalue weighted by atomic mass is 10.0. The Balaban J connectivity index is 2.28. The van der Waals surface area contributed by atoms with Crippen LogP contribution in [0.3, 0.4) is 0 Å². The van der Waals surface area contributed by atoms with Gasteiger partial charge in [-0.3, -0.25) is 0 Å². The molecule has 2 aromatic heterocycles. The monoisotopic (exact) mass is 345 g/mol. The quantitative estimate of drug-likeness (QED) is 0.643. The van der Waals surface area contributed by atoms with E-state index in [9.17, 15) is 13.2 Å². The van der Waals surface area contributed by atoms with Gasteiger partial charge in [0.05, 0.1) is 17.0 Å². The summed E-state index contributed by atoms with van der Waals surface area (Å²) in [5.41, 5.74) is 4.32. The highest BCUT2D eigenvalue weighted by Crippen LogP contribution is 2.35. The Kier molecular flexibility index (Phi) is 4.14. The van der Waals surface area contributed by atoms with Gasteiger partial charge in [0.25, 0.3) is 0 Å². The van der Waals surface area contributed by atoms with Gasteiger partial charge < -0.3 is 0 Å². The second-order valence-corrected chi connectivity index (χ2v) is 6.03. The highest BCUT2D eigenvalue weighted by molar-refractivity contribution is 5.81. The van der Waals surface area contributed by atoms with E-state index in [1.807, 2.05) is 13.8 Å². The third-order valence-corrected chi connectivity index (χ3v) is 4.19. The molecule has 3 nitrogen and oxygen atoms in total. The van der Waals surface area contributed by atoms with Crippen molar-refractivity contribution in [1.82, 2.24) is 14.6 Å². The van der Waals surface area contributed by atoms with Crippen LogP contribution in [-0.4, -0.2) is 14.6 Å². The van der Waals surface area contributed by atoms with Crippen molar-refractivity contribution < 1.29 is 13.2 Å². The van der Waals surface area contributed by atoms with Crippen molar-refractivity contribution in [3.8, 4) is 11.1 Å². The molecule has 0 bridgehead atoms. The van der Waals surface area contributed by atoms with Crippen LogP contribution in [0.4, 0.5) is 13.2 Å². The summed E-state index contributed by atoms with van der Waals surface area (Å²) >= 11 is 0. The average Bonchev–Trinajstić information content (AvgIpc) is 2.88. The molecule has 0 radical (unpaired) electrons. The molecule has 0 aliphatic carbocycles. The molecule has 3 rings (SSSR count). The van der Waals surface area contributed by atoms with E-state index in [4.69, 9.17) is 0 Å². The molecule has 2 heterocycles. The number of hydrogen-bond donors (Lipinski definition) is 0. The summed E-state index contributed by atoms with van der Waals surface area (Å²) < 4.78 is 40.8. The number of aromatic nitrogens is 3. The van der Waals surface area contributed by atoms with E-state index < -0.39 is 11.7 Å². The molecule has 0 atom stereocenters. The summed E-state index contributed by atoms with van der Waals surface area (Å²) in [6, 6.07) is 5.27. The Hall–Kier alpha value is -2.63. The maximum absolute atomic E-state index is 13.0. The molecule has 6 heteroatoms. The van der Waals surface area contributed by atoms with E-state index in [1.165, 1.54) is 6.07 Å². The van der Waals surface area contributed by atoms with Gasteiger partial charge in [0.15, 0.2) is 5.65 Å². The van der Waals surface area contributed by atoms with E-state index in [2.05, 4.69) is 16.7 Å². The van der Waals surface area contributed by atoms with Crippen LogP contribution in [-0.2, 0) is 12.6 Å². The minimum Gasteiger partial charge on any atom is -0.236 e. The molecule has 0 saturated heterocycles. The molecule has 0 fully saturated rings. The molecule has 0 spiro atoms. The molecule has 0 aliphatic rings. The third-order valence-electron chi connectivity index (χ3n) is 4.19. The Morgan fingerprint density at radius 1 is 1.28 bits per heavy atom. The number of halogens is 3. The van der Waals surface area contributed by atoms with Gasteiger partial charge in [-0.25, -0.2) is 9.50 Å². The first kappa shape index (κ1) is 17.2. The second kappa shape index (κ2) is 6.02. The normalized spacial score (nSPS) is 11.9. The highest BCUT2D eigenvalue weighted by Gasteiger charge is 2.31. The number of aryl methyl sites for hydroxylation is 2. The van der Waals surface area contributed by atoms with Crippen molar-refractivity contribution in [1.29, 1.82) is 0 Å². The Bertz CT molecular complexity index is 968. The number of allylic oxidation sites excluding steroid dienone is 1. The number of alkyl halides is 3. The minimum absolute atomic E-state index is 0.458. The molecule has 0 N–H and O–H groups in total. The molecular formula is C19H18F3N3. The SMILES string of the molecule is C=C(C)c1cnc2c(-c3cccc(C(F)(F)F)c3)c(C)nn2c1CC. The second-order valence-electron chi connectivity index (χ2n) is 6.03. The molecule has 0 amide bonds. The van der Waals surface area contributed by atoms with Crippen molar-refractivity contribution >= 4 is 11.2 Å². The molecule has 130 valence electrons. The lowest BCUT2D eigenvalue weighted by molar-refractivity contribution is -0.137. The summed E-state index contributed by atoms with van der Waals surface area (Å²) in [5, 5.41) is 4.53. The van der Waals surface area contributed by atoms with Crippen LogP contribution in [0.5, 0.6) is 0 Å². The fourth-order valence-electron chi connectivity index (χ4n) is 3.02. The maximum Gasteiger partial charge on any atom is 0.416 e. The van der Waals surface area contributed by atoms with E-state index in [0.29, 0.717) is 28.9 Å². The van der Waals surface area contributed by atoms with Gasteiger partial charge in [-0.2, -0.15) is 18.3 Å². The maximum atomic E-state index is 13.0. The zero-order valence-electron chi connectivity index (χ0n) is 14.3. The van der Waals surface area contributed by atoms with Crippen LogP contribution >= 0.6 is 0 Å². The largest absolute Gasteiger partial charge is 0.416 e. The van der Waals surface area contributed by atoms with Crippen LogP contribution in [0.15, 0.2) is 37.0 Å². The van der Waals surface area contributed by atoms with Gasteiger partial charge in [0.1, 0.15) is 0 Å². The Morgan fingerprint density at radius 2 is 2.00 bits per heavy atom. The summed E-state index contributed by atoms with van der Waals surface area (Å²) in [5.74, 6) is 0. The van der Waals surface area contributed by atoms with Crippen LogP contribution in [0.25, 0.3) is 22.3 Å². The van der Waals surface area contributed by atoms with Crippen molar-refractivity contribution in [2.45, 2.75) is 33.4 Å². The molecule has 1 aromatic carbocycles. The Morgan fingerprint density at radius 3 is 2.60 bits per heavy atom. The number of nitrogens with zero attached hydrogens (tertiary/aromatic N) is 3.